The fourth-order valence-electron chi connectivity index (χ4n) is 3.23. The molecule has 0 aliphatic heterocycles. The van der Waals surface area contributed by atoms with Crippen LogP contribution in [0.1, 0.15) is 5.56 Å². The maximum Gasteiger partial charge on any atom is 0.128 e. The molecule has 136 valence electrons. The molecule has 1 N–H and O–H groups in total. The molecule has 0 unspecified atom stereocenters. The summed E-state index contributed by atoms with van der Waals surface area (Å²) in [7, 11) is 0. The topological polar surface area (TPSA) is 74.7 Å². The summed E-state index contributed by atoms with van der Waals surface area (Å²) in [4.78, 5) is 4.60. The van der Waals surface area contributed by atoms with Gasteiger partial charge >= 0.3 is 0 Å². The van der Waals surface area contributed by atoms with Gasteiger partial charge in [0.05, 0.1) is 11.8 Å². The zero-order valence-electron chi connectivity index (χ0n) is 15.4. The quantitative estimate of drug-likeness (QED) is 0.562. The maximum atomic E-state index is 9.99. The molecule has 5 heteroatoms. The Kier molecular flexibility index (Phi) is 4.61. The highest BCUT2D eigenvalue weighted by atomic mass is 16.3. The third kappa shape index (κ3) is 3.49. The fraction of sp³-hybridized carbons (Fsp3) is 0.0870. The number of hydrogen-bond acceptors (Lipinski definition) is 4. The Morgan fingerprint density at radius 1 is 1.00 bits per heavy atom. The first-order valence-corrected chi connectivity index (χ1v) is 8.91. The zero-order chi connectivity index (χ0) is 19.5. The molecule has 4 rings (SSSR count). The molecule has 5 nitrogen and oxygen atoms in total. The Hall–Kier alpha value is -3.91. The lowest BCUT2D eigenvalue weighted by atomic mass is 10.0. The van der Waals surface area contributed by atoms with Crippen LogP contribution in [0.2, 0.25) is 0 Å². The van der Waals surface area contributed by atoms with Crippen LogP contribution in [0.15, 0.2) is 73.1 Å². The normalized spacial score (nSPS) is 10.6. The van der Waals surface area contributed by atoms with Crippen molar-refractivity contribution >= 4 is 0 Å². The van der Waals surface area contributed by atoms with Crippen LogP contribution in [-0.2, 0) is 6.54 Å². The molecule has 0 spiro atoms. The Morgan fingerprint density at radius 3 is 2.50 bits per heavy atom. The summed E-state index contributed by atoms with van der Waals surface area (Å²) >= 11 is 0. The summed E-state index contributed by atoms with van der Waals surface area (Å²) in [6, 6.07) is 21.4. The van der Waals surface area contributed by atoms with E-state index in [1.807, 2.05) is 67.8 Å². The first kappa shape index (κ1) is 17.5. The third-order valence-electron chi connectivity index (χ3n) is 4.47. The smallest absolute Gasteiger partial charge is 0.128 e. The van der Waals surface area contributed by atoms with E-state index >= 15 is 0 Å². The number of aryl methyl sites for hydroxylation is 1. The van der Waals surface area contributed by atoms with Crippen molar-refractivity contribution in [2.45, 2.75) is 13.5 Å². The van der Waals surface area contributed by atoms with Gasteiger partial charge in [-0.25, -0.2) is 0 Å². The highest BCUT2D eigenvalue weighted by molar-refractivity contribution is 5.81. The van der Waals surface area contributed by atoms with Crippen molar-refractivity contribution in [3.8, 4) is 45.5 Å². The standard InChI is InChI=1S/C23H18N4O/c1-16-11-19(13-20(28)12-16)23-21(15-27(26-23)10-9-24)18-7-8-22(25-14-18)17-5-3-2-4-6-17/h2-8,11-15,28H,10H2,1H3. The number of phenolic OH excluding ortho intramolecular Hbond substituents is 1. The van der Waals surface area contributed by atoms with Crippen LogP contribution in [0.3, 0.4) is 0 Å². The van der Waals surface area contributed by atoms with Gasteiger partial charge in [-0.05, 0) is 36.8 Å². The number of pyridine rings is 1. The van der Waals surface area contributed by atoms with Gasteiger partial charge in [0.2, 0.25) is 0 Å². The maximum absolute atomic E-state index is 9.99. The minimum absolute atomic E-state index is 0.153. The van der Waals surface area contributed by atoms with E-state index in [-0.39, 0.29) is 12.3 Å². The molecule has 0 saturated carbocycles. The number of nitriles is 1. The van der Waals surface area contributed by atoms with E-state index < -0.39 is 0 Å². The molecule has 2 aromatic carbocycles. The van der Waals surface area contributed by atoms with Gasteiger partial charge in [-0.1, -0.05) is 36.4 Å². The van der Waals surface area contributed by atoms with Crippen LogP contribution in [0, 0.1) is 18.3 Å². The van der Waals surface area contributed by atoms with Crippen molar-refractivity contribution in [1.82, 2.24) is 14.8 Å². The van der Waals surface area contributed by atoms with Crippen LogP contribution in [0.4, 0.5) is 0 Å². The van der Waals surface area contributed by atoms with Gasteiger partial charge in [0, 0.05) is 34.6 Å². The molecule has 2 aromatic heterocycles. The Balaban J connectivity index is 1.79. The van der Waals surface area contributed by atoms with E-state index in [0.29, 0.717) is 5.69 Å². The fourth-order valence-corrected chi connectivity index (χ4v) is 3.23. The van der Waals surface area contributed by atoms with Crippen LogP contribution in [-0.4, -0.2) is 19.9 Å². The highest BCUT2D eigenvalue weighted by Crippen LogP contribution is 2.33. The van der Waals surface area contributed by atoms with Crippen molar-refractivity contribution in [3.05, 3.63) is 78.6 Å². The lowest BCUT2D eigenvalue weighted by molar-refractivity contribution is 0.475. The van der Waals surface area contributed by atoms with E-state index in [2.05, 4.69) is 16.2 Å². The Morgan fingerprint density at radius 2 is 1.82 bits per heavy atom. The van der Waals surface area contributed by atoms with E-state index in [0.717, 1.165) is 33.5 Å². The van der Waals surface area contributed by atoms with Gasteiger partial charge in [0.25, 0.3) is 0 Å². The second kappa shape index (κ2) is 7.37. The molecule has 0 amide bonds. The molecule has 0 aliphatic rings. The number of benzene rings is 2. The molecular formula is C23H18N4O. The average Bonchev–Trinajstić information content (AvgIpc) is 3.12. The molecule has 4 aromatic rings. The van der Waals surface area contributed by atoms with Crippen molar-refractivity contribution in [1.29, 1.82) is 5.26 Å². The number of phenols is 1. The molecule has 0 fully saturated rings. The molecule has 0 saturated heterocycles. The van der Waals surface area contributed by atoms with Crippen LogP contribution < -0.4 is 0 Å². The van der Waals surface area contributed by atoms with Crippen LogP contribution >= 0.6 is 0 Å². The Bertz CT molecular complexity index is 1140. The van der Waals surface area contributed by atoms with Crippen molar-refractivity contribution in [2.75, 3.05) is 0 Å². The summed E-state index contributed by atoms with van der Waals surface area (Å²) in [5, 5.41) is 23.6. The van der Waals surface area contributed by atoms with Crippen molar-refractivity contribution < 1.29 is 5.11 Å². The molecule has 0 aliphatic carbocycles. The zero-order valence-corrected chi connectivity index (χ0v) is 15.4. The van der Waals surface area contributed by atoms with E-state index in [4.69, 9.17) is 5.26 Å². The molecular weight excluding hydrogens is 348 g/mol. The summed E-state index contributed by atoms with van der Waals surface area (Å²) in [6.07, 6.45) is 3.66. The number of rotatable bonds is 4. The average molecular weight is 366 g/mol. The highest BCUT2D eigenvalue weighted by Gasteiger charge is 2.15. The SMILES string of the molecule is Cc1cc(O)cc(-c2nn(CC#N)cc2-c2ccc(-c3ccccc3)nc2)c1. The van der Waals surface area contributed by atoms with Crippen LogP contribution in [0.5, 0.6) is 5.75 Å². The molecule has 0 radical (unpaired) electrons. The second-order valence-electron chi connectivity index (χ2n) is 6.60. The first-order valence-electron chi connectivity index (χ1n) is 8.91. The van der Waals surface area contributed by atoms with Crippen molar-refractivity contribution in [3.63, 3.8) is 0 Å². The predicted octanol–water partition coefficient (Wildman–Crippen LogP) is 4.82. The minimum atomic E-state index is 0.153. The third-order valence-corrected chi connectivity index (χ3v) is 4.47. The number of hydrogen-bond donors (Lipinski definition) is 1. The monoisotopic (exact) mass is 366 g/mol. The first-order chi connectivity index (χ1) is 13.6. The lowest BCUT2D eigenvalue weighted by Gasteiger charge is -2.06. The molecule has 28 heavy (non-hydrogen) atoms. The van der Waals surface area contributed by atoms with E-state index in [1.54, 1.807) is 16.8 Å². The van der Waals surface area contributed by atoms with Gasteiger partial charge < -0.3 is 5.11 Å². The largest absolute Gasteiger partial charge is 0.508 e. The van der Waals surface area contributed by atoms with Gasteiger partial charge in [0.1, 0.15) is 18.0 Å². The molecule has 0 atom stereocenters. The van der Waals surface area contributed by atoms with Gasteiger partial charge in [-0.15, -0.1) is 0 Å². The number of nitrogens with zero attached hydrogens (tertiary/aromatic N) is 4. The van der Waals surface area contributed by atoms with E-state index in [1.165, 1.54) is 0 Å². The Labute approximate surface area is 163 Å². The van der Waals surface area contributed by atoms with Gasteiger partial charge in [0.15, 0.2) is 0 Å². The van der Waals surface area contributed by atoms with Crippen molar-refractivity contribution in [2.24, 2.45) is 0 Å². The van der Waals surface area contributed by atoms with Gasteiger partial charge in [-0.3, -0.25) is 9.67 Å². The summed E-state index contributed by atoms with van der Waals surface area (Å²) in [5.41, 5.74) is 6.17. The minimum Gasteiger partial charge on any atom is -0.508 e. The summed E-state index contributed by atoms with van der Waals surface area (Å²) < 4.78 is 1.61. The summed E-state index contributed by atoms with van der Waals surface area (Å²) in [6.45, 7) is 2.08. The summed E-state index contributed by atoms with van der Waals surface area (Å²) in [5.74, 6) is 0.188. The predicted molar refractivity (Wildman–Crippen MR) is 108 cm³/mol. The van der Waals surface area contributed by atoms with Gasteiger partial charge in [-0.2, -0.15) is 10.4 Å². The number of aromatic nitrogens is 3. The number of aromatic hydroxyl groups is 1. The molecule has 0 bridgehead atoms. The molecule has 2 heterocycles. The lowest BCUT2D eigenvalue weighted by Crippen LogP contribution is -1.95. The van der Waals surface area contributed by atoms with E-state index in [9.17, 15) is 5.11 Å². The van der Waals surface area contributed by atoms with Crippen LogP contribution in [0.25, 0.3) is 33.6 Å². The second-order valence-corrected chi connectivity index (χ2v) is 6.60.